The van der Waals surface area contributed by atoms with Crippen LogP contribution in [0.15, 0.2) is 29.3 Å². The van der Waals surface area contributed by atoms with Crippen LogP contribution in [0.2, 0.25) is 0 Å². The van der Waals surface area contributed by atoms with E-state index >= 15 is 0 Å². The predicted octanol–water partition coefficient (Wildman–Crippen LogP) is 4.14. The van der Waals surface area contributed by atoms with Crippen molar-refractivity contribution in [2.24, 2.45) is 4.99 Å². The molecule has 1 heterocycles. The molecule has 0 fully saturated rings. The molecule has 8 heteroatoms. The van der Waals surface area contributed by atoms with Gasteiger partial charge < -0.3 is 9.30 Å². The van der Waals surface area contributed by atoms with Crippen molar-refractivity contribution in [3.63, 3.8) is 0 Å². The van der Waals surface area contributed by atoms with E-state index in [1.807, 2.05) is 32.9 Å². The van der Waals surface area contributed by atoms with Crippen LogP contribution in [0, 0.1) is 32.4 Å². The molecule has 1 amide bonds. The lowest BCUT2D eigenvalue weighted by atomic mass is 9.97. The van der Waals surface area contributed by atoms with Crippen molar-refractivity contribution < 1.29 is 23.1 Å². The van der Waals surface area contributed by atoms with Gasteiger partial charge in [-0.25, -0.2) is 8.78 Å². The minimum Gasteiger partial charge on any atom is -0.465 e. The summed E-state index contributed by atoms with van der Waals surface area (Å²) in [5.41, 5.74) is 3.97. The Balaban J connectivity index is 2.07. The third-order valence-corrected chi connectivity index (χ3v) is 5.70. The predicted molar refractivity (Wildman–Crippen MR) is 111 cm³/mol. The fraction of sp³-hybridized carbons (Fsp3) is 0.318. The molecule has 0 aliphatic rings. The van der Waals surface area contributed by atoms with E-state index < -0.39 is 23.5 Å². The second-order valence-electron chi connectivity index (χ2n) is 7.07. The van der Waals surface area contributed by atoms with Gasteiger partial charge in [0.1, 0.15) is 12.4 Å². The number of benzene rings is 2. The third kappa shape index (κ3) is 4.64. The first-order chi connectivity index (χ1) is 14.2. The number of nitrogens with zero attached hydrogens (tertiary/aromatic N) is 2. The van der Waals surface area contributed by atoms with Crippen LogP contribution in [0.3, 0.4) is 0 Å². The molecule has 3 rings (SSSR count). The van der Waals surface area contributed by atoms with Gasteiger partial charge in [0.2, 0.25) is 0 Å². The standard InChI is InChI=1S/C22H22F2N2O3S/c1-5-29-20(28)11-26-21-17(24)8-15(23)9-18(21)30-22(26)25-19(27)10-16-13(3)6-12(2)7-14(16)4/h6-9H,5,10-11H2,1-4H3. The van der Waals surface area contributed by atoms with E-state index in [4.69, 9.17) is 4.74 Å². The van der Waals surface area contributed by atoms with Gasteiger partial charge in [0, 0.05) is 6.07 Å². The molecule has 158 valence electrons. The molecule has 5 nitrogen and oxygen atoms in total. The first-order valence-corrected chi connectivity index (χ1v) is 10.3. The minimum atomic E-state index is -0.829. The molecule has 0 radical (unpaired) electrons. The van der Waals surface area contributed by atoms with Crippen molar-refractivity contribution >= 4 is 33.4 Å². The van der Waals surface area contributed by atoms with Crippen LogP contribution >= 0.6 is 11.3 Å². The van der Waals surface area contributed by atoms with Crippen LogP contribution in [0.1, 0.15) is 29.2 Å². The van der Waals surface area contributed by atoms with E-state index in [0.717, 1.165) is 45.7 Å². The third-order valence-electron chi connectivity index (χ3n) is 4.68. The van der Waals surface area contributed by atoms with Crippen LogP contribution < -0.4 is 4.80 Å². The second-order valence-corrected chi connectivity index (χ2v) is 8.08. The molecule has 0 unspecified atom stereocenters. The number of aromatic nitrogens is 1. The SMILES string of the molecule is CCOC(=O)Cn1c(=NC(=O)Cc2c(C)cc(C)cc2C)sc2cc(F)cc(F)c21. The molecule has 30 heavy (non-hydrogen) atoms. The van der Waals surface area contributed by atoms with Crippen molar-refractivity contribution in [3.8, 4) is 0 Å². The highest BCUT2D eigenvalue weighted by atomic mass is 32.1. The summed E-state index contributed by atoms with van der Waals surface area (Å²) in [6.07, 6.45) is 0.0719. The Hall–Kier alpha value is -2.87. The topological polar surface area (TPSA) is 60.7 Å². The number of carbonyl (C=O) groups is 2. The Morgan fingerprint density at radius 3 is 2.40 bits per heavy atom. The van der Waals surface area contributed by atoms with Crippen LogP contribution in [-0.4, -0.2) is 23.1 Å². The number of rotatable bonds is 5. The Kier molecular flexibility index (Phi) is 6.45. The maximum atomic E-state index is 14.5. The highest BCUT2D eigenvalue weighted by Gasteiger charge is 2.17. The Morgan fingerprint density at radius 2 is 1.77 bits per heavy atom. The van der Waals surface area contributed by atoms with E-state index in [2.05, 4.69) is 4.99 Å². The second kappa shape index (κ2) is 8.87. The lowest BCUT2D eigenvalue weighted by Crippen LogP contribution is -2.24. The zero-order valence-electron chi connectivity index (χ0n) is 17.2. The number of aryl methyl sites for hydroxylation is 3. The maximum Gasteiger partial charge on any atom is 0.326 e. The lowest BCUT2D eigenvalue weighted by Gasteiger charge is -2.09. The molecule has 2 aromatic carbocycles. The van der Waals surface area contributed by atoms with Gasteiger partial charge in [0.15, 0.2) is 10.6 Å². The van der Waals surface area contributed by atoms with Crippen molar-refractivity contribution in [3.05, 3.63) is 63.0 Å². The summed E-state index contributed by atoms with van der Waals surface area (Å²) in [5, 5.41) is 0. The van der Waals surface area contributed by atoms with Crippen molar-refractivity contribution in [1.82, 2.24) is 4.57 Å². The van der Waals surface area contributed by atoms with E-state index in [9.17, 15) is 18.4 Å². The summed E-state index contributed by atoms with van der Waals surface area (Å²) in [5.74, 6) is -2.60. The van der Waals surface area contributed by atoms with E-state index in [0.29, 0.717) is 0 Å². The molecular weight excluding hydrogens is 410 g/mol. The number of carbonyl (C=O) groups excluding carboxylic acids is 2. The van der Waals surface area contributed by atoms with Crippen LogP contribution in [0.5, 0.6) is 0 Å². The van der Waals surface area contributed by atoms with Crippen molar-refractivity contribution in [1.29, 1.82) is 0 Å². The summed E-state index contributed by atoms with van der Waals surface area (Å²) in [4.78, 5) is 29.0. The molecule has 1 aromatic heterocycles. The number of hydrogen-bond donors (Lipinski definition) is 0. The molecule has 0 saturated heterocycles. The van der Waals surface area contributed by atoms with E-state index in [-0.39, 0.29) is 34.6 Å². The molecule has 0 spiro atoms. The maximum absolute atomic E-state index is 14.5. The summed E-state index contributed by atoms with van der Waals surface area (Å²) >= 11 is 0.950. The van der Waals surface area contributed by atoms with Gasteiger partial charge in [-0.2, -0.15) is 4.99 Å². The number of esters is 1. The summed E-state index contributed by atoms with van der Waals surface area (Å²) in [6.45, 7) is 7.34. The van der Waals surface area contributed by atoms with Gasteiger partial charge in [-0.15, -0.1) is 0 Å². The zero-order chi connectivity index (χ0) is 22.0. The summed E-state index contributed by atoms with van der Waals surface area (Å²) < 4.78 is 34.6. The fourth-order valence-electron chi connectivity index (χ4n) is 3.48. The fourth-order valence-corrected chi connectivity index (χ4v) is 4.57. The molecule has 0 atom stereocenters. The summed E-state index contributed by atoms with van der Waals surface area (Å²) in [6, 6.07) is 5.88. The van der Waals surface area contributed by atoms with Crippen LogP contribution in [0.4, 0.5) is 8.78 Å². The zero-order valence-corrected chi connectivity index (χ0v) is 18.0. The van der Waals surface area contributed by atoms with Crippen molar-refractivity contribution in [2.45, 2.75) is 40.7 Å². The number of ether oxygens (including phenoxy) is 1. The van der Waals surface area contributed by atoms with Gasteiger partial charge >= 0.3 is 5.97 Å². The molecule has 3 aromatic rings. The first kappa shape index (κ1) is 21.8. The number of halogens is 2. The molecule has 0 N–H and O–H groups in total. The van der Waals surface area contributed by atoms with Crippen molar-refractivity contribution in [2.75, 3.05) is 6.61 Å². The number of hydrogen-bond acceptors (Lipinski definition) is 4. The number of fused-ring (bicyclic) bond motifs is 1. The highest BCUT2D eigenvalue weighted by molar-refractivity contribution is 7.16. The average molecular weight is 432 g/mol. The Morgan fingerprint density at radius 1 is 1.10 bits per heavy atom. The first-order valence-electron chi connectivity index (χ1n) is 9.48. The quantitative estimate of drug-likeness (QED) is 0.570. The highest BCUT2D eigenvalue weighted by Crippen LogP contribution is 2.23. The summed E-state index contributed by atoms with van der Waals surface area (Å²) in [7, 11) is 0. The number of amides is 1. The molecule has 0 bridgehead atoms. The molecule has 0 saturated carbocycles. The Bertz CT molecular complexity index is 1190. The smallest absolute Gasteiger partial charge is 0.326 e. The van der Waals surface area contributed by atoms with Crippen LogP contribution in [0.25, 0.3) is 10.2 Å². The van der Waals surface area contributed by atoms with E-state index in [1.165, 1.54) is 4.57 Å². The largest absolute Gasteiger partial charge is 0.465 e. The lowest BCUT2D eigenvalue weighted by molar-refractivity contribution is -0.143. The van der Waals surface area contributed by atoms with Gasteiger partial charge in [-0.1, -0.05) is 29.0 Å². The molecular formula is C22H22F2N2O3S. The van der Waals surface area contributed by atoms with Gasteiger partial charge in [-0.05, 0) is 50.5 Å². The van der Waals surface area contributed by atoms with Gasteiger partial charge in [0.25, 0.3) is 5.91 Å². The van der Waals surface area contributed by atoms with Gasteiger partial charge in [0.05, 0.1) is 23.2 Å². The number of thiazole rings is 1. The van der Waals surface area contributed by atoms with Crippen LogP contribution in [-0.2, 0) is 27.3 Å². The monoisotopic (exact) mass is 432 g/mol. The minimum absolute atomic E-state index is 0.0173. The normalized spacial score (nSPS) is 11.9. The Labute approximate surface area is 176 Å². The van der Waals surface area contributed by atoms with E-state index in [1.54, 1.807) is 6.92 Å². The van der Waals surface area contributed by atoms with Gasteiger partial charge in [-0.3, -0.25) is 9.59 Å². The average Bonchev–Trinajstić information content (AvgIpc) is 2.95. The molecule has 0 aliphatic heterocycles. The molecule has 0 aliphatic carbocycles.